The van der Waals surface area contributed by atoms with Crippen LogP contribution in [0, 0.1) is 19.8 Å². The molecule has 38 heavy (non-hydrogen) atoms. The summed E-state index contributed by atoms with van der Waals surface area (Å²) in [7, 11) is 0. The number of para-hydroxylation sites is 1. The van der Waals surface area contributed by atoms with Crippen LogP contribution in [0.15, 0.2) is 54.9 Å². The van der Waals surface area contributed by atoms with Gasteiger partial charge >= 0.3 is 0 Å². The molecule has 0 bridgehead atoms. The first-order valence-electron chi connectivity index (χ1n) is 13.6. The van der Waals surface area contributed by atoms with E-state index < -0.39 is 11.6 Å². The van der Waals surface area contributed by atoms with Crippen molar-refractivity contribution in [2.24, 2.45) is 5.92 Å². The minimum absolute atomic E-state index is 0.0180. The molecule has 1 aromatic carbocycles. The number of aromatic nitrogens is 3. The molecule has 1 atom stereocenters. The molecular formula is C30H38N6O2. The molecule has 1 spiro atoms. The lowest BCUT2D eigenvalue weighted by Crippen LogP contribution is -2.72. The molecule has 3 aromatic rings. The van der Waals surface area contributed by atoms with Crippen LogP contribution in [0.5, 0.6) is 0 Å². The van der Waals surface area contributed by atoms with Crippen molar-refractivity contribution in [1.29, 1.82) is 0 Å². The number of carbonyl (C=O) groups excluding carboxylic acids is 2. The van der Waals surface area contributed by atoms with Crippen molar-refractivity contribution < 1.29 is 9.59 Å². The van der Waals surface area contributed by atoms with Crippen molar-refractivity contribution in [3.8, 4) is 5.69 Å². The van der Waals surface area contributed by atoms with Gasteiger partial charge in [0, 0.05) is 49.8 Å². The third-order valence-corrected chi connectivity index (χ3v) is 8.09. The lowest BCUT2D eigenvalue weighted by Gasteiger charge is -2.52. The first kappa shape index (κ1) is 26.1. The Morgan fingerprint density at radius 1 is 1.03 bits per heavy atom. The average Bonchev–Trinajstić information content (AvgIpc) is 3.20. The fourth-order valence-corrected chi connectivity index (χ4v) is 5.94. The summed E-state index contributed by atoms with van der Waals surface area (Å²) in [4.78, 5) is 35.9. The number of piperidine rings is 1. The molecule has 2 aliphatic rings. The van der Waals surface area contributed by atoms with Gasteiger partial charge in [-0.2, -0.15) is 5.10 Å². The maximum Gasteiger partial charge on any atom is 0.246 e. The first-order valence-corrected chi connectivity index (χ1v) is 13.6. The Hall–Kier alpha value is -3.52. The predicted octanol–water partition coefficient (Wildman–Crippen LogP) is 3.79. The second-order valence-electron chi connectivity index (χ2n) is 11.1. The fourth-order valence-electron chi connectivity index (χ4n) is 5.94. The maximum atomic E-state index is 13.7. The normalized spacial score (nSPS) is 19.8. The van der Waals surface area contributed by atoms with Crippen LogP contribution in [0.4, 0.5) is 0 Å². The van der Waals surface area contributed by atoms with Crippen LogP contribution in [0.3, 0.4) is 0 Å². The van der Waals surface area contributed by atoms with Gasteiger partial charge < -0.3 is 10.2 Å². The van der Waals surface area contributed by atoms with E-state index in [1.807, 2.05) is 39.9 Å². The molecule has 0 radical (unpaired) electrons. The highest BCUT2D eigenvalue weighted by molar-refractivity contribution is 6.00. The fraction of sp³-hybridized carbons (Fsp3) is 0.467. The summed E-state index contributed by atoms with van der Waals surface area (Å²) >= 11 is 0. The number of benzene rings is 1. The monoisotopic (exact) mass is 514 g/mol. The van der Waals surface area contributed by atoms with Crippen molar-refractivity contribution in [3.05, 3.63) is 77.4 Å². The molecule has 4 heterocycles. The molecule has 200 valence electrons. The molecule has 2 aromatic heterocycles. The Morgan fingerprint density at radius 2 is 1.76 bits per heavy atom. The van der Waals surface area contributed by atoms with Gasteiger partial charge in [-0.05, 0) is 62.8 Å². The number of aryl methyl sites for hydroxylation is 1. The molecule has 2 amide bonds. The van der Waals surface area contributed by atoms with Gasteiger partial charge in [-0.1, -0.05) is 38.1 Å². The summed E-state index contributed by atoms with van der Waals surface area (Å²) < 4.78 is 2.01. The molecule has 1 N–H and O–H groups in total. The first-order chi connectivity index (χ1) is 18.3. The summed E-state index contributed by atoms with van der Waals surface area (Å²) in [5, 5.41) is 7.91. The van der Waals surface area contributed by atoms with Gasteiger partial charge in [0.25, 0.3) is 0 Å². The molecule has 0 saturated carbocycles. The number of amides is 2. The van der Waals surface area contributed by atoms with E-state index in [4.69, 9.17) is 5.10 Å². The lowest BCUT2D eigenvalue weighted by molar-refractivity contribution is -0.162. The number of nitrogens with one attached hydrogen (secondary N) is 1. The van der Waals surface area contributed by atoms with Gasteiger partial charge in [-0.3, -0.25) is 19.5 Å². The highest BCUT2D eigenvalue weighted by Crippen LogP contribution is 2.36. The number of carbonyl (C=O) groups is 2. The van der Waals surface area contributed by atoms with E-state index >= 15 is 0 Å². The van der Waals surface area contributed by atoms with E-state index in [9.17, 15) is 9.59 Å². The highest BCUT2D eigenvalue weighted by atomic mass is 16.2. The van der Waals surface area contributed by atoms with Crippen molar-refractivity contribution >= 4 is 11.8 Å². The summed E-state index contributed by atoms with van der Waals surface area (Å²) in [5.41, 5.74) is 4.53. The zero-order valence-corrected chi connectivity index (χ0v) is 22.9. The largest absolute Gasteiger partial charge is 0.342 e. The smallest absolute Gasteiger partial charge is 0.246 e. The van der Waals surface area contributed by atoms with Gasteiger partial charge in [0.2, 0.25) is 11.8 Å². The molecule has 2 fully saturated rings. The number of piperazine rings is 1. The molecule has 2 aliphatic heterocycles. The zero-order chi connectivity index (χ0) is 26.9. The van der Waals surface area contributed by atoms with E-state index in [2.05, 4.69) is 55.0 Å². The third-order valence-electron chi connectivity index (χ3n) is 8.09. The SMILES string of the molecule is Cc1nn(-c2ccccc2)c(C)c1CN1CCC2(CC1)C(=O)NC(CC(C)C)C(=O)N2Cc1cccnc1. The molecule has 8 heteroatoms. The number of hydrogen-bond acceptors (Lipinski definition) is 5. The van der Waals surface area contributed by atoms with Gasteiger partial charge in [-0.15, -0.1) is 0 Å². The van der Waals surface area contributed by atoms with E-state index in [1.54, 1.807) is 12.4 Å². The van der Waals surface area contributed by atoms with Crippen LogP contribution < -0.4 is 5.32 Å². The number of nitrogens with zero attached hydrogens (tertiary/aromatic N) is 5. The molecule has 1 unspecified atom stereocenters. The minimum atomic E-state index is -0.838. The second-order valence-corrected chi connectivity index (χ2v) is 11.1. The Bertz CT molecular complexity index is 1280. The standard InChI is InChI=1S/C30H38N6O2/c1-21(2)17-27-28(37)35(19-24-9-8-14-31-18-24)30(29(38)32-27)12-15-34(16-13-30)20-26-22(3)33-36(23(26)4)25-10-6-5-7-11-25/h5-11,14,18,21,27H,12-13,15-17,19-20H2,1-4H3,(H,32,38). The highest BCUT2D eigenvalue weighted by Gasteiger charge is 2.53. The Labute approximate surface area is 225 Å². The Balaban J connectivity index is 1.35. The van der Waals surface area contributed by atoms with E-state index in [0.29, 0.717) is 31.7 Å². The number of likely N-dealkylation sites (tertiary alicyclic amines) is 1. The van der Waals surface area contributed by atoms with Crippen molar-refractivity contribution in [2.45, 2.75) is 71.6 Å². The lowest BCUT2D eigenvalue weighted by atomic mass is 9.80. The number of pyridine rings is 1. The molecule has 0 aliphatic carbocycles. The van der Waals surface area contributed by atoms with Crippen LogP contribution in [0.2, 0.25) is 0 Å². The summed E-state index contributed by atoms with van der Waals surface area (Å²) in [6, 6.07) is 13.6. The zero-order valence-electron chi connectivity index (χ0n) is 22.9. The van der Waals surface area contributed by atoms with Gasteiger partial charge in [0.05, 0.1) is 11.4 Å². The molecule has 2 saturated heterocycles. The van der Waals surface area contributed by atoms with Crippen molar-refractivity contribution in [2.75, 3.05) is 13.1 Å². The van der Waals surface area contributed by atoms with Crippen LogP contribution in [-0.2, 0) is 22.7 Å². The van der Waals surface area contributed by atoms with E-state index in [-0.39, 0.29) is 11.8 Å². The van der Waals surface area contributed by atoms with Crippen LogP contribution in [-0.4, -0.2) is 61.0 Å². The second kappa shape index (κ2) is 10.7. The topological polar surface area (TPSA) is 83.4 Å². The summed E-state index contributed by atoms with van der Waals surface area (Å²) in [6.07, 6.45) is 5.36. The Kier molecular flexibility index (Phi) is 7.34. The maximum absolute atomic E-state index is 13.7. The van der Waals surface area contributed by atoms with Gasteiger partial charge in [0.1, 0.15) is 11.6 Å². The van der Waals surface area contributed by atoms with Crippen LogP contribution in [0.1, 0.15) is 55.6 Å². The third kappa shape index (κ3) is 4.97. The van der Waals surface area contributed by atoms with Crippen LogP contribution in [0.25, 0.3) is 5.69 Å². The van der Waals surface area contributed by atoms with E-state index in [0.717, 1.165) is 42.3 Å². The molecule has 8 nitrogen and oxygen atoms in total. The molecular weight excluding hydrogens is 476 g/mol. The van der Waals surface area contributed by atoms with Crippen molar-refractivity contribution in [3.63, 3.8) is 0 Å². The molecule has 5 rings (SSSR count). The van der Waals surface area contributed by atoms with Gasteiger partial charge in [-0.25, -0.2) is 4.68 Å². The summed E-state index contributed by atoms with van der Waals surface area (Å²) in [6.45, 7) is 11.0. The quantitative estimate of drug-likeness (QED) is 0.519. The number of rotatable bonds is 7. The van der Waals surface area contributed by atoms with E-state index in [1.165, 1.54) is 5.56 Å². The average molecular weight is 515 g/mol. The van der Waals surface area contributed by atoms with Crippen LogP contribution >= 0.6 is 0 Å². The van der Waals surface area contributed by atoms with Crippen molar-refractivity contribution in [1.82, 2.24) is 29.9 Å². The Morgan fingerprint density at radius 3 is 2.42 bits per heavy atom. The number of hydrogen-bond donors (Lipinski definition) is 1. The minimum Gasteiger partial charge on any atom is -0.342 e. The predicted molar refractivity (Wildman–Crippen MR) is 146 cm³/mol. The summed E-state index contributed by atoms with van der Waals surface area (Å²) in [5.74, 6) is 0.311. The van der Waals surface area contributed by atoms with Gasteiger partial charge in [0.15, 0.2) is 0 Å².